The zero-order valence-corrected chi connectivity index (χ0v) is 6.42. The maximum Gasteiger partial charge on any atom is 0.311 e. The van der Waals surface area contributed by atoms with Crippen LogP contribution in [0.5, 0.6) is 0 Å². The Kier molecular flexibility index (Phi) is 3.88. The van der Waals surface area contributed by atoms with Crippen molar-refractivity contribution >= 4 is 18.6 Å². The maximum atomic E-state index is 10.4. The molecule has 0 saturated heterocycles. The van der Waals surface area contributed by atoms with Crippen LogP contribution in [0.1, 0.15) is 0 Å². The highest BCUT2D eigenvalue weighted by Gasteiger charge is 2.18. The van der Waals surface area contributed by atoms with Gasteiger partial charge in [0, 0.05) is 5.25 Å². The van der Waals surface area contributed by atoms with Crippen molar-refractivity contribution in [2.75, 3.05) is 0 Å². The highest BCUT2D eigenvalue weighted by Crippen LogP contribution is 2.12. The highest BCUT2D eigenvalue weighted by atomic mass is 32.1. The van der Waals surface area contributed by atoms with Crippen molar-refractivity contribution in [1.82, 2.24) is 0 Å². The van der Waals surface area contributed by atoms with Crippen molar-refractivity contribution in [2.24, 2.45) is 5.92 Å². The minimum absolute atomic E-state index is 0.352. The predicted octanol–water partition coefficient (Wildman–Crippen LogP) is 1.36. The van der Waals surface area contributed by atoms with Gasteiger partial charge < -0.3 is 5.11 Å². The topological polar surface area (TPSA) is 37.3 Å². The summed E-state index contributed by atoms with van der Waals surface area (Å²) in [6.07, 6.45) is 2.82. The average Bonchev–Trinajstić information content (AvgIpc) is 1.88. The zero-order valence-electron chi connectivity index (χ0n) is 5.53. The Bertz CT molecular complexity index is 154. The molecule has 2 atom stereocenters. The summed E-state index contributed by atoms with van der Waals surface area (Å²) in [6, 6.07) is 0. The van der Waals surface area contributed by atoms with Crippen molar-refractivity contribution in [2.45, 2.75) is 5.25 Å². The van der Waals surface area contributed by atoms with E-state index in [1.54, 1.807) is 0 Å². The molecule has 0 aromatic heterocycles. The van der Waals surface area contributed by atoms with Crippen LogP contribution in [0.25, 0.3) is 0 Å². The first-order chi connectivity index (χ1) is 4.63. The van der Waals surface area contributed by atoms with Crippen LogP contribution in [0, 0.1) is 5.92 Å². The molecule has 0 aromatic rings. The van der Waals surface area contributed by atoms with Crippen LogP contribution in [0.3, 0.4) is 0 Å². The largest absolute Gasteiger partial charge is 0.481 e. The van der Waals surface area contributed by atoms with E-state index in [4.69, 9.17) is 5.11 Å². The van der Waals surface area contributed by atoms with E-state index in [0.29, 0.717) is 0 Å². The molecule has 0 bridgehead atoms. The van der Waals surface area contributed by atoms with Crippen LogP contribution < -0.4 is 0 Å². The third kappa shape index (κ3) is 2.27. The Balaban J connectivity index is 4.19. The number of aliphatic carboxylic acids is 1. The van der Waals surface area contributed by atoms with E-state index in [2.05, 4.69) is 25.8 Å². The van der Waals surface area contributed by atoms with E-state index in [0.717, 1.165) is 0 Å². The lowest BCUT2D eigenvalue weighted by Gasteiger charge is -2.09. The fraction of sp³-hybridized carbons (Fsp3) is 0.286. The molecular formula is C7H10O2S. The molecular weight excluding hydrogens is 148 g/mol. The Labute approximate surface area is 65.7 Å². The number of carboxylic acids is 1. The summed E-state index contributed by atoms with van der Waals surface area (Å²) < 4.78 is 0. The van der Waals surface area contributed by atoms with Gasteiger partial charge in [-0.2, -0.15) is 12.6 Å². The molecule has 0 fully saturated rings. The lowest BCUT2D eigenvalue weighted by Crippen LogP contribution is -2.19. The summed E-state index contributed by atoms with van der Waals surface area (Å²) in [7, 11) is 0. The first-order valence-corrected chi connectivity index (χ1v) is 3.31. The summed E-state index contributed by atoms with van der Waals surface area (Å²) >= 11 is 3.97. The summed E-state index contributed by atoms with van der Waals surface area (Å²) in [6.45, 7) is 6.80. The molecule has 0 aliphatic heterocycles. The number of thiol groups is 1. The van der Waals surface area contributed by atoms with Gasteiger partial charge in [0.05, 0.1) is 5.92 Å². The van der Waals surface area contributed by atoms with Crippen molar-refractivity contribution in [3.05, 3.63) is 25.3 Å². The van der Waals surface area contributed by atoms with Gasteiger partial charge in [0.2, 0.25) is 0 Å². The number of carboxylic acid groups (broad SMARTS) is 1. The SMILES string of the molecule is C=CC(S)C(C=C)C(=O)O. The third-order valence-electron chi connectivity index (χ3n) is 1.15. The van der Waals surface area contributed by atoms with Crippen LogP contribution in [0.4, 0.5) is 0 Å². The van der Waals surface area contributed by atoms with Crippen LogP contribution in [0.15, 0.2) is 25.3 Å². The van der Waals surface area contributed by atoms with E-state index < -0.39 is 11.9 Å². The maximum absolute atomic E-state index is 10.4. The van der Waals surface area contributed by atoms with Gasteiger partial charge >= 0.3 is 5.97 Å². The molecule has 10 heavy (non-hydrogen) atoms. The Hall–Kier alpha value is -0.700. The smallest absolute Gasteiger partial charge is 0.311 e. The van der Waals surface area contributed by atoms with Gasteiger partial charge in [-0.15, -0.1) is 13.2 Å². The predicted molar refractivity (Wildman–Crippen MR) is 44.3 cm³/mol. The molecule has 0 aliphatic carbocycles. The summed E-state index contributed by atoms with van der Waals surface area (Å²) in [5.41, 5.74) is 0. The first-order valence-electron chi connectivity index (χ1n) is 2.79. The lowest BCUT2D eigenvalue weighted by atomic mass is 10.1. The third-order valence-corrected chi connectivity index (χ3v) is 1.68. The number of hydrogen-bond donors (Lipinski definition) is 2. The van der Waals surface area contributed by atoms with E-state index in [-0.39, 0.29) is 5.25 Å². The second-order valence-electron chi connectivity index (χ2n) is 1.83. The molecule has 1 N–H and O–H groups in total. The van der Waals surface area contributed by atoms with Gasteiger partial charge in [-0.1, -0.05) is 12.2 Å². The minimum atomic E-state index is -0.921. The molecule has 0 aromatic carbocycles. The average molecular weight is 158 g/mol. The Morgan fingerprint density at radius 3 is 2.10 bits per heavy atom. The Morgan fingerprint density at radius 1 is 1.50 bits per heavy atom. The molecule has 0 spiro atoms. The first kappa shape index (κ1) is 9.30. The number of rotatable bonds is 4. The van der Waals surface area contributed by atoms with E-state index >= 15 is 0 Å². The van der Waals surface area contributed by atoms with Gasteiger partial charge in [0.15, 0.2) is 0 Å². The van der Waals surface area contributed by atoms with Crippen LogP contribution in [0.2, 0.25) is 0 Å². The number of hydrogen-bond acceptors (Lipinski definition) is 2. The molecule has 0 heterocycles. The van der Waals surface area contributed by atoms with E-state index in [1.807, 2.05) is 0 Å². The molecule has 56 valence electrons. The summed E-state index contributed by atoms with van der Waals surface area (Å²) in [5, 5.41) is 8.16. The van der Waals surface area contributed by atoms with E-state index in [9.17, 15) is 4.79 Å². The fourth-order valence-corrected chi connectivity index (χ4v) is 0.782. The molecule has 0 amide bonds. The second-order valence-corrected chi connectivity index (χ2v) is 2.42. The molecule has 2 unspecified atom stereocenters. The highest BCUT2D eigenvalue weighted by molar-refractivity contribution is 7.81. The lowest BCUT2D eigenvalue weighted by molar-refractivity contribution is -0.139. The van der Waals surface area contributed by atoms with Crippen molar-refractivity contribution in [3.8, 4) is 0 Å². The fourth-order valence-electron chi connectivity index (χ4n) is 0.533. The Morgan fingerprint density at radius 2 is 2.00 bits per heavy atom. The van der Waals surface area contributed by atoms with Crippen molar-refractivity contribution in [1.29, 1.82) is 0 Å². The summed E-state index contributed by atoms with van der Waals surface area (Å²) in [4.78, 5) is 10.4. The molecule has 3 heteroatoms. The van der Waals surface area contributed by atoms with Gasteiger partial charge in [-0.05, 0) is 0 Å². The van der Waals surface area contributed by atoms with Crippen LogP contribution in [-0.2, 0) is 4.79 Å². The van der Waals surface area contributed by atoms with E-state index in [1.165, 1.54) is 12.2 Å². The summed E-state index contributed by atoms with van der Waals surface area (Å²) in [5.74, 6) is -1.56. The van der Waals surface area contributed by atoms with Crippen molar-refractivity contribution < 1.29 is 9.90 Å². The zero-order chi connectivity index (χ0) is 8.15. The molecule has 0 saturated carbocycles. The number of carbonyl (C=O) groups is 1. The molecule has 0 aliphatic rings. The quantitative estimate of drug-likeness (QED) is 0.479. The normalized spacial score (nSPS) is 15.3. The van der Waals surface area contributed by atoms with Gasteiger partial charge in [-0.3, -0.25) is 4.79 Å². The van der Waals surface area contributed by atoms with Gasteiger partial charge in [0.1, 0.15) is 0 Å². The van der Waals surface area contributed by atoms with Crippen LogP contribution >= 0.6 is 12.6 Å². The minimum Gasteiger partial charge on any atom is -0.481 e. The standard InChI is InChI=1S/C7H10O2S/c1-3-5(7(8)9)6(10)4-2/h3-6,10H,1-2H2,(H,8,9). The van der Waals surface area contributed by atoms with Crippen molar-refractivity contribution in [3.63, 3.8) is 0 Å². The van der Waals surface area contributed by atoms with Gasteiger partial charge in [0.25, 0.3) is 0 Å². The molecule has 0 radical (unpaired) electrons. The van der Waals surface area contributed by atoms with Crippen LogP contribution in [-0.4, -0.2) is 16.3 Å². The second kappa shape index (κ2) is 4.17. The van der Waals surface area contributed by atoms with Gasteiger partial charge in [-0.25, -0.2) is 0 Å². The molecule has 0 rings (SSSR count). The monoisotopic (exact) mass is 158 g/mol. The molecule has 2 nitrogen and oxygen atoms in total.